The Labute approximate surface area is 175 Å². The summed E-state index contributed by atoms with van der Waals surface area (Å²) in [6.45, 7) is 11.4. The molecule has 4 heterocycles. The Morgan fingerprint density at radius 3 is 2.58 bits per heavy atom. The molecule has 1 unspecified atom stereocenters. The number of hydrogen-bond donors (Lipinski definition) is 2. The monoisotopic (exact) mass is 481 g/mol. The number of piperazine rings is 3. The zero-order valence-electron chi connectivity index (χ0n) is 16.1. The predicted molar refractivity (Wildman–Crippen MR) is 116 cm³/mol. The second-order valence-electron chi connectivity index (χ2n) is 7.35. The molecule has 0 aliphatic carbocycles. The van der Waals surface area contributed by atoms with Gasteiger partial charge in [-0.15, -0.1) is 24.0 Å². The smallest absolute Gasteiger partial charge is 0.191 e. The lowest BCUT2D eigenvalue weighted by Gasteiger charge is -2.47. The maximum Gasteiger partial charge on any atom is 0.191 e. The molecule has 7 nitrogen and oxygen atoms in total. The molecule has 4 aliphatic heterocycles. The van der Waals surface area contributed by atoms with Crippen molar-refractivity contribution in [2.75, 3.05) is 79.3 Å². The molecule has 8 heteroatoms. The van der Waals surface area contributed by atoms with E-state index < -0.39 is 0 Å². The van der Waals surface area contributed by atoms with E-state index in [1.807, 2.05) is 7.05 Å². The third kappa shape index (κ3) is 7.10. The van der Waals surface area contributed by atoms with E-state index in [0.29, 0.717) is 12.0 Å². The molecule has 0 aromatic heterocycles. The Hall–Kier alpha value is -0.160. The molecular weight excluding hydrogens is 445 g/mol. The summed E-state index contributed by atoms with van der Waals surface area (Å²) < 4.78 is 11.2. The van der Waals surface area contributed by atoms with Crippen molar-refractivity contribution in [3.8, 4) is 0 Å². The van der Waals surface area contributed by atoms with E-state index >= 15 is 0 Å². The minimum atomic E-state index is 0. The molecule has 0 aromatic carbocycles. The highest BCUT2D eigenvalue weighted by atomic mass is 127. The molecule has 0 saturated carbocycles. The van der Waals surface area contributed by atoms with Crippen LogP contribution in [0, 0.1) is 5.92 Å². The second kappa shape index (κ2) is 12.3. The topological polar surface area (TPSA) is 61.4 Å². The minimum absolute atomic E-state index is 0. The number of guanidine groups is 1. The van der Waals surface area contributed by atoms with Gasteiger partial charge >= 0.3 is 0 Å². The summed E-state index contributed by atoms with van der Waals surface area (Å²) >= 11 is 0. The van der Waals surface area contributed by atoms with Crippen molar-refractivity contribution in [3.05, 3.63) is 0 Å². The summed E-state index contributed by atoms with van der Waals surface area (Å²) in [6.07, 6.45) is 3.29. The highest BCUT2D eigenvalue weighted by Crippen LogP contribution is 2.15. The van der Waals surface area contributed by atoms with Crippen LogP contribution in [-0.4, -0.2) is 101 Å². The SMILES string of the molecule is CN=C(NCCCOCC1CCOCC1)NCC1CN2CCN1CC2.I. The first-order chi connectivity index (χ1) is 12.3. The molecule has 0 spiro atoms. The van der Waals surface area contributed by atoms with Crippen LogP contribution in [-0.2, 0) is 9.47 Å². The Morgan fingerprint density at radius 2 is 1.92 bits per heavy atom. The van der Waals surface area contributed by atoms with Crippen molar-refractivity contribution in [3.63, 3.8) is 0 Å². The maximum atomic E-state index is 5.81. The van der Waals surface area contributed by atoms with Gasteiger partial charge < -0.3 is 20.1 Å². The lowest BCUT2D eigenvalue weighted by molar-refractivity contribution is 0.0154. The average molecular weight is 481 g/mol. The number of halogens is 1. The van der Waals surface area contributed by atoms with Crippen LogP contribution in [0.25, 0.3) is 0 Å². The Kier molecular flexibility index (Phi) is 10.5. The minimum Gasteiger partial charge on any atom is -0.381 e. The van der Waals surface area contributed by atoms with Gasteiger partial charge in [-0.05, 0) is 25.2 Å². The van der Waals surface area contributed by atoms with E-state index in [4.69, 9.17) is 9.47 Å². The molecule has 0 amide bonds. The van der Waals surface area contributed by atoms with Gasteiger partial charge in [0.2, 0.25) is 0 Å². The van der Waals surface area contributed by atoms with Crippen molar-refractivity contribution in [1.82, 2.24) is 20.4 Å². The summed E-state index contributed by atoms with van der Waals surface area (Å²) in [7, 11) is 1.84. The van der Waals surface area contributed by atoms with Gasteiger partial charge in [0, 0.05) is 85.3 Å². The van der Waals surface area contributed by atoms with Crippen LogP contribution in [0.15, 0.2) is 4.99 Å². The normalized spacial score (nSPS) is 29.3. The first-order valence-corrected chi connectivity index (χ1v) is 9.91. The fraction of sp³-hybridized carbons (Fsp3) is 0.944. The van der Waals surface area contributed by atoms with Crippen LogP contribution in [0.1, 0.15) is 19.3 Å². The van der Waals surface area contributed by atoms with E-state index in [0.717, 1.165) is 64.7 Å². The Balaban J connectivity index is 0.00000243. The molecule has 1 atom stereocenters. The first kappa shape index (κ1) is 22.1. The van der Waals surface area contributed by atoms with Gasteiger partial charge in [-0.2, -0.15) is 0 Å². The van der Waals surface area contributed by atoms with Gasteiger partial charge in [-0.25, -0.2) is 0 Å². The highest BCUT2D eigenvalue weighted by Gasteiger charge is 2.31. The largest absolute Gasteiger partial charge is 0.381 e. The third-order valence-electron chi connectivity index (χ3n) is 5.57. The Morgan fingerprint density at radius 1 is 1.15 bits per heavy atom. The van der Waals surface area contributed by atoms with Crippen molar-refractivity contribution in [2.45, 2.75) is 25.3 Å². The number of hydrogen-bond acceptors (Lipinski definition) is 5. The Bertz CT molecular complexity index is 412. The van der Waals surface area contributed by atoms with E-state index in [9.17, 15) is 0 Å². The van der Waals surface area contributed by atoms with E-state index in [-0.39, 0.29) is 24.0 Å². The molecule has 0 aromatic rings. The number of aliphatic imine (C=N–C) groups is 1. The van der Waals surface area contributed by atoms with Crippen LogP contribution >= 0.6 is 24.0 Å². The van der Waals surface area contributed by atoms with Crippen LogP contribution in [0.3, 0.4) is 0 Å². The van der Waals surface area contributed by atoms with Crippen LogP contribution < -0.4 is 10.6 Å². The van der Waals surface area contributed by atoms with Gasteiger partial charge in [0.05, 0.1) is 0 Å². The second-order valence-corrected chi connectivity index (χ2v) is 7.35. The predicted octanol–water partition coefficient (Wildman–Crippen LogP) is 0.603. The molecule has 4 aliphatic rings. The van der Waals surface area contributed by atoms with Crippen molar-refractivity contribution in [2.24, 2.45) is 10.9 Å². The fourth-order valence-electron chi connectivity index (χ4n) is 3.90. The third-order valence-corrected chi connectivity index (χ3v) is 5.57. The van der Waals surface area contributed by atoms with Crippen LogP contribution in [0.4, 0.5) is 0 Å². The molecule has 0 radical (unpaired) electrons. The molecule has 4 saturated heterocycles. The van der Waals surface area contributed by atoms with Crippen LogP contribution in [0.5, 0.6) is 0 Å². The number of rotatable bonds is 8. The van der Waals surface area contributed by atoms with Gasteiger partial charge in [0.1, 0.15) is 0 Å². The van der Waals surface area contributed by atoms with Gasteiger partial charge in [-0.1, -0.05) is 0 Å². The summed E-state index contributed by atoms with van der Waals surface area (Å²) in [5.41, 5.74) is 0. The zero-order valence-corrected chi connectivity index (χ0v) is 18.5. The molecule has 152 valence electrons. The molecule has 4 rings (SSSR count). The number of fused-ring (bicyclic) bond motifs is 3. The van der Waals surface area contributed by atoms with Crippen LogP contribution in [0.2, 0.25) is 0 Å². The molecule has 4 fully saturated rings. The summed E-state index contributed by atoms with van der Waals surface area (Å²) in [4.78, 5) is 9.50. The molecule has 26 heavy (non-hydrogen) atoms. The fourth-order valence-corrected chi connectivity index (χ4v) is 3.90. The van der Waals surface area contributed by atoms with Gasteiger partial charge in [0.25, 0.3) is 0 Å². The van der Waals surface area contributed by atoms with Crippen molar-refractivity contribution in [1.29, 1.82) is 0 Å². The van der Waals surface area contributed by atoms with Crippen molar-refractivity contribution >= 4 is 29.9 Å². The van der Waals surface area contributed by atoms with E-state index in [1.54, 1.807) is 0 Å². The number of ether oxygens (including phenoxy) is 2. The maximum absolute atomic E-state index is 5.81. The number of nitrogens with one attached hydrogen (secondary N) is 2. The zero-order chi connectivity index (χ0) is 17.3. The lowest BCUT2D eigenvalue weighted by Crippen LogP contribution is -2.63. The highest BCUT2D eigenvalue weighted by molar-refractivity contribution is 14.0. The number of nitrogens with zero attached hydrogens (tertiary/aromatic N) is 3. The van der Waals surface area contributed by atoms with Gasteiger partial charge in [0.15, 0.2) is 5.96 Å². The molecule has 2 N–H and O–H groups in total. The summed E-state index contributed by atoms with van der Waals surface area (Å²) in [5.74, 6) is 1.59. The summed E-state index contributed by atoms with van der Waals surface area (Å²) in [6, 6.07) is 0.615. The molecule has 2 bridgehead atoms. The quantitative estimate of drug-likeness (QED) is 0.229. The van der Waals surface area contributed by atoms with E-state index in [1.165, 1.54) is 32.7 Å². The summed E-state index contributed by atoms with van der Waals surface area (Å²) in [5, 5.41) is 6.88. The lowest BCUT2D eigenvalue weighted by atomic mass is 10.0. The first-order valence-electron chi connectivity index (χ1n) is 9.91. The standard InChI is InChI=1S/C18H35N5O2.HI/c1-19-18(21-13-17-14-22-6-8-23(17)9-7-22)20-5-2-10-25-15-16-3-11-24-12-4-16;/h16-17H,2-15H2,1H3,(H2,19,20,21);1H. The average Bonchev–Trinajstić information content (AvgIpc) is 2.68. The van der Waals surface area contributed by atoms with Crippen molar-refractivity contribution < 1.29 is 9.47 Å². The van der Waals surface area contributed by atoms with Gasteiger partial charge in [-0.3, -0.25) is 14.8 Å². The molecular formula is C18H36IN5O2. The van der Waals surface area contributed by atoms with E-state index in [2.05, 4.69) is 25.4 Å².